The van der Waals surface area contributed by atoms with Crippen LogP contribution in [0.4, 0.5) is 0 Å². The van der Waals surface area contributed by atoms with Crippen LogP contribution in [0.1, 0.15) is 43.9 Å². The molecule has 1 unspecified atom stereocenters. The summed E-state index contributed by atoms with van der Waals surface area (Å²) in [6.07, 6.45) is -0.644. The summed E-state index contributed by atoms with van der Waals surface area (Å²) >= 11 is 6.23. The van der Waals surface area contributed by atoms with E-state index in [1.54, 1.807) is 50.2 Å². The maximum absolute atomic E-state index is 12.5. The summed E-state index contributed by atoms with van der Waals surface area (Å²) < 4.78 is 30.1. The second-order valence-corrected chi connectivity index (χ2v) is 9.78. The van der Waals surface area contributed by atoms with E-state index in [0.29, 0.717) is 10.6 Å². The fourth-order valence-corrected chi connectivity index (χ4v) is 4.34. The van der Waals surface area contributed by atoms with E-state index in [1.165, 1.54) is 12.1 Å². The van der Waals surface area contributed by atoms with Crippen molar-refractivity contribution in [2.45, 2.75) is 50.7 Å². The first kappa shape index (κ1) is 23.9. The van der Waals surface area contributed by atoms with Crippen molar-refractivity contribution >= 4 is 33.3 Å². The van der Waals surface area contributed by atoms with Crippen LogP contribution in [0.15, 0.2) is 53.4 Å². The minimum Gasteiger partial charge on any atom is -0.463 e. The Morgan fingerprint density at radius 1 is 1.07 bits per heavy atom. The Balaban J connectivity index is 2.09. The van der Waals surface area contributed by atoms with Gasteiger partial charge in [-0.1, -0.05) is 47.5 Å². The number of hydrogen-bond acceptors (Lipinski definition) is 5. The molecule has 0 aromatic heterocycles. The average molecular weight is 452 g/mol. The molecule has 6 nitrogen and oxygen atoms in total. The molecule has 162 valence electrons. The minimum absolute atomic E-state index is 0.113. The van der Waals surface area contributed by atoms with Gasteiger partial charge in [0.05, 0.1) is 29.2 Å². The SMILES string of the molecule is Cc1ccc(S(=O)(=O)CCC(=O)NC(CC(=O)OC(C)C)c2ccccc2Cl)cc1. The van der Waals surface area contributed by atoms with Gasteiger partial charge in [-0.3, -0.25) is 9.59 Å². The van der Waals surface area contributed by atoms with Crippen LogP contribution < -0.4 is 5.32 Å². The van der Waals surface area contributed by atoms with Gasteiger partial charge in [0.15, 0.2) is 9.84 Å². The van der Waals surface area contributed by atoms with E-state index in [1.807, 2.05) is 6.92 Å². The normalized spacial score (nSPS) is 12.4. The Hall–Kier alpha value is -2.38. The minimum atomic E-state index is -3.60. The van der Waals surface area contributed by atoms with Crippen molar-refractivity contribution in [2.75, 3.05) is 5.75 Å². The Labute approximate surface area is 182 Å². The molecule has 0 fully saturated rings. The first-order chi connectivity index (χ1) is 14.1. The summed E-state index contributed by atoms with van der Waals surface area (Å²) in [6, 6.07) is 12.6. The number of carbonyl (C=O) groups excluding carboxylic acids is 2. The molecule has 0 radical (unpaired) electrons. The zero-order valence-corrected chi connectivity index (χ0v) is 18.8. The van der Waals surface area contributed by atoms with Crippen LogP contribution in [0.3, 0.4) is 0 Å². The van der Waals surface area contributed by atoms with E-state index in [9.17, 15) is 18.0 Å². The average Bonchev–Trinajstić information content (AvgIpc) is 2.66. The molecule has 1 atom stereocenters. The lowest BCUT2D eigenvalue weighted by Gasteiger charge is -2.20. The van der Waals surface area contributed by atoms with Crippen molar-refractivity contribution in [3.63, 3.8) is 0 Å². The molecule has 0 spiro atoms. The molecule has 1 amide bonds. The Morgan fingerprint density at radius 2 is 1.70 bits per heavy atom. The Kier molecular flexibility index (Phi) is 8.43. The summed E-state index contributed by atoms with van der Waals surface area (Å²) in [5.74, 6) is -1.32. The molecule has 0 heterocycles. The molecule has 0 saturated heterocycles. The molecular formula is C22H26ClNO5S. The number of carbonyl (C=O) groups is 2. The highest BCUT2D eigenvalue weighted by Gasteiger charge is 2.23. The molecule has 30 heavy (non-hydrogen) atoms. The number of sulfone groups is 1. The van der Waals surface area contributed by atoms with Gasteiger partial charge in [0.1, 0.15) is 0 Å². The lowest BCUT2D eigenvalue weighted by molar-refractivity contribution is -0.148. The van der Waals surface area contributed by atoms with Crippen LogP contribution in [0.25, 0.3) is 0 Å². The van der Waals surface area contributed by atoms with Gasteiger partial charge in [-0.05, 0) is 44.5 Å². The third kappa shape index (κ3) is 7.15. The van der Waals surface area contributed by atoms with Crippen molar-refractivity contribution in [3.05, 3.63) is 64.7 Å². The van der Waals surface area contributed by atoms with E-state index < -0.39 is 27.8 Å². The number of halogens is 1. The molecule has 2 rings (SSSR count). The Morgan fingerprint density at radius 3 is 2.30 bits per heavy atom. The van der Waals surface area contributed by atoms with Crippen LogP contribution in [0.5, 0.6) is 0 Å². The topological polar surface area (TPSA) is 89.5 Å². The number of esters is 1. The summed E-state index contributed by atoms with van der Waals surface area (Å²) in [5.41, 5.74) is 1.51. The van der Waals surface area contributed by atoms with Crippen LogP contribution in [-0.4, -0.2) is 32.2 Å². The molecule has 2 aromatic rings. The van der Waals surface area contributed by atoms with Gasteiger partial charge in [0.25, 0.3) is 0 Å². The van der Waals surface area contributed by atoms with Crippen molar-refractivity contribution in [2.24, 2.45) is 0 Å². The number of hydrogen-bond donors (Lipinski definition) is 1. The maximum Gasteiger partial charge on any atom is 0.308 e. The third-order valence-corrected chi connectivity index (χ3v) is 6.41. The van der Waals surface area contributed by atoms with Crippen molar-refractivity contribution in [1.82, 2.24) is 5.32 Å². The predicted molar refractivity (Wildman–Crippen MR) is 116 cm³/mol. The molecule has 0 saturated carbocycles. The largest absolute Gasteiger partial charge is 0.463 e. The number of nitrogens with one attached hydrogen (secondary N) is 1. The second-order valence-electron chi connectivity index (χ2n) is 7.27. The first-order valence-corrected chi connectivity index (χ1v) is 11.6. The van der Waals surface area contributed by atoms with E-state index in [4.69, 9.17) is 16.3 Å². The lowest BCUT2D eigenvalue weighted by Crippen LogP contribution is -2.32. The highest BCUT2D eigenvalue weighted by Crippen LogP contribution is 2.26. The summed E-state index contributed by atoms with van der Waals surface area (Å²) in [4.78, 5) is 24.8. The molecule has 2 aromatic carbocycles. The number of aryl methyl sites for hydroxylation is 1. The number of benzene rings is 2. The van der Waals surface area contributed by atoms with Gasteiger partial charge in [-0.15, -0.1) is 0 Å². The summed E-state index contributed by atoms with van der Waals surface area (Å²) in [5, 5.41) is 3.12. The van der Waals surface area contributed by atoms with Crippen LogP contribution in [-0.2, 0) is 24.2 Å². The van der Waals surface area contributed by atoms with Crippen LogP contribution in [0.2, 0.25) is 5.02 Å². The van der Waals surface area contributed by atoms with Gasteiger partial charge >= 0.3 is 5.97 Å². The molecule has 8 heteroatoms. The van der Waals surface area contributed by atoms with Gasteiger partial charge in [0, 0.05) is 11.4 Å². The molecule has 0 aliphatic carbocycles. The van der Waals surface area contributed by atoms with E-state index in [-0.39, 0.29) is 29.6 Å². The standard InChI is InChI=1S/C22H26ClNO5S/c1-15(2)29-22(26)14-20(18-6-4-5-7-19(18)23)24-21(25)12-13-30(27,28)17-10-8-16(3)9-11-17/h4-11,15,20H,12-14H2,1-3H3,(H,24,25). The first-order valence-electron chi connectivity index (χ1n) is 9.61. The quantitative estimate of drug-likeness (QED) is 0.582. The molecule has 0 aliphatic heterocycles. The van der Waals surface area contributed by atoms with E-state index >= 15 is 0 Å². The van der Waals surface area contributed by atoms with Crippen molar-refractivity contribution < 1.29 is 22.7 Å². The van der Waals surface area contributed by atoms with E-state index in [0.717, 1.165) is 5.56 Å². The maximum atomic E-state index is 12.5. The molecule has 0 bridgehead atoms. The number of rotatable bonds is 9. The number of amides is 1. The van der Waals surface area contributed by atoms with Crippen LogP contribution >= 0.6 is 11.6 Å². The zero-order valence-electron chi connectivity index (χ0n) is 17.2. The number of ether oxygens (including phenoxy) is 1. The highest BCUT2D eigenvalue weighted by atomic mass is 35.5. The Bertz CT molecular complexity index is 987. The van der Waals surface area contributed by atoms with Crippen molar-refractivity contribution in [3.8, 4) is 0 Å². The monoisotopic (exact) mass is 451 g/mol. The van der Waals surface area contributed by atoms with E-state index in [2.05, 4.69) is 5.32 Å². The zero-order chi connectivity index (χ0) is 22.3. The van der Waals surface area contributed by atoms with Gasteiger partial charge < -0.3 is 10.1 Å². The third-order valence-electron chi connectivity index (χ3n) is 4.33. The van der Waals surface area contributed by atoms with Crippen molar-refractivity contribution in [1.29, 1.82) is 0 Å². The predicted octanol–water partition coefficient (Wildman–Crippen LogP) is 4.01. The molecule has 1 N–H and O–H groups in total. The second kappa shape index (κ2) is 10.6. The highest BCUT2D eigenvalue weighted by molar-refractivity contribution is 7.91. The fourth-order valence-electron chi connectivity index (χ4n) is 2.83. The fraction of sp³-hybridized carbons (Fsp3) is 0.364. The molecule has 0 aliphatic rings. The van der Waals surface area contributed by atoms with Gasteiger partial charge in [0.2, 0.25) is 5.91 Å². The molecular weight excluding hydrogens is 426 g/mol. The smallest absolute Gasteiger partial charge is 0.308 e. The van der Waals surface area contributed by atoms with Gasteiger partial charge in [-0.25, -0.2) is 8.42 Å². The van der Waals surface area contributed by atoms with Gasteiger partial charge in [-0.2, -0.15) is 0 Å². The summed E-state index contributed by atoms with van der Waals surface area (Å²) in [6.45, 7) is 5.33. The lowest BCUT2D eigenvalue weighted by atomic mass is 10.0. The van der Waals surface area contributed by atoms with Crippen LogP contribution in [0, 0.1) is 6.92 Å². The summed E-state index contributed by atoms with van der Waals surface area (Å²) in [7, 11) is -3.60.